The number of hydrogen-bond acceptors (Lipinski definition) is 4. The zero-order chi connectivity index (χ0) is 18.9. The summed E-state index contributed by atoms with van der Waals surface area (Å²) in [7, 11) is 0. The summed E-state index contributed by atoms with van der Waals surface area (Å²) < 4.78 is 1.72. The molecule has 0 aliphatic heterocycles. The summed E-state index contributed by atoms with van der Waals surface area (Å²) in [6.45, 7) is 0. The highest BCUT2D eigenvalue weighted by Gasteiger charge is 2.19. The van der Waals surface area contributed by atoms with E-state index in [-0.39, 0.29) is 5.78 Å². The number of benzene rings is 2. The van der Waals surface area contributed by atoms with Crippen LogP contribution in [0.4, 0.5) is 0 Å². The molecule has 28 heavy (non-hydrogen) atoms. The van der Waals surface area contributed by atoms with Crippen molar-refractivity contribution in [3.63, 3.8) is 0 Å². The summed E-state index contributed by atoms with van der Waals surface area (Å²) in [4.78, 5) is 18.4. The number of hydrogen-bond donors (Lipinski definition) is 0. The van der Waals surface area contributed by atoms with Crippen LogP contribution in [0.1, 0.15) is 15.2 Å². The zero-order valence-electron chi connectivity index (χ0n) is 14.8. The Morgan fingerprint density at radius 3 is 2.64 bits per heavy atom. The van der Waals surface area contributed by atoms with Crippen LogP contribution in [0.25, 0.3) is 27.9 Å². The maximum atomic E-state index is 13.3. The first kappa shape index (κ1) is 16.6. The standard InChI is InChI=1S/C23H15N3OS/c27-21(18-9-4-8-17(14-18)16-6-2-1-3-7-16)22-19(10-13-28-22)20-15-25-26-12-5-11-24-23(20)26/h1-15H. The Bertz CT molecular complexity index is 1290. The molecule has 0 bridgehead atoms. The molecule has 0 saturated heterocycles. The largest absolute Gasteiger partial charge is 0.288 e. The number of ketones is 1. The Hall–Kier alpha value is -3.57. The highest BCUT2D eigenvalue weighted by molar-refractivity contribution is 7.12. The van der Waals surface area contributed by atoms with Crippen LogP contribution in [-0.2, 0) is 0 Å². The summed E-state index contributed by atoms with van der Waals surface area (Å²) in [5.41, 5.74) is 5.28. The van der Waals surface area contributed by atoms with Gasteiger partial charge in [0.25, 0.3) is 0 Å². The van der Waals surface area contributed by atoms with Crippen LogP contribution in [-0.4, -0.2) is 20.4 Å². The van der Waals surface area contributed by atoms with Gasteiger partial charge in [-0.1, -0.05) is 48.5 Å². The average Bonchev–Trinajstić information content (AvgIpc) is 3.41. The molecular weight excluding hydrogens is 366 g/mol. The van der Waals surface area contributed by atoms with Gasteiger partial charge in [-0.3, -0.25) is 4.79 Å². The highest BCUT2D eigenvalue weighted by atomic mass is 32.1. The van der Waals surface area contributed by atoms with Gasteiger partial charge in [0, 0.05) is 29.1 Å². The number of rotatable bonds is 4. The Balaban J connectivity index is 1.57. The minimum Gasteiger partial charge on any atom is -0.288 e. The smallest absolute Gasteiger partial charge is 0.203 e. The summed E-state index contributed by atoms with van der Waals surface area (Å²) in [6, 6.07) is 21.6. The second kappa shape index (κ2) is 6.87. The predicted molar refractivity (Wildman–Crippen MR) is 112 cm³/mol. The summed E-state index contributed by atoms with van der Waals surface area (Å²) >= 11 is 1.45. The Morgan fingerprint density at radius 2 is 1.75 bits per heavy atom. The molecule has 5 aromatic rings. The molecule has 0 N–H and O–H groups in total. The molecule has 134 valence electrons. The van der Waals surface area contributed by atoms with Gasteiger partial charge in [0.2, 0.25) is 5.78 Å². The highest BCUT2D eigenvalue weighted by Crippen LogP contribution is 2.33. The second-order valence-electron chi connectivity index (χ2n) is 6.39. The van der Waals surface area contributed by atoms with Crippen molar-refractivity contribution in [3.05, 3.63) is 101 Å². The van der Waals surface area contributed by atoms with Crippen LogP contribution in [0.5, 0.6) is 0 Å². The number of aromatic nitrogens is 3. The molecule has 0 radical (unpaired) electrons. The van der Waals surface area contributed by atoms with E-state index < -0.39 is 0 Å². The van der Waals surface area contributed by atoms with Gasteiger partial charge in [-0.25, -0.2) is 9.50 Å². The van der Waals surface area contributed by atoms with E-state index in [1.54, 1.807) is 16.9 Å². The number of carbonyl (C=O) groups excluding carboxylic acids is 1. The fourth-order valence-corrected chi connectivity index (χ4v) is 4.19. The van der Waals surface area contributed by atoms with Crippen LogP contribution >= 0.6 is 11.3 Å². The molecule has 3 aromatic heterocycles. The third kappa shape index (κ3) is 2.82. The molecule has 5 heteroatoms. The third-order valence-corrected chi connectivity index (χ3v) is 5.59. The van der Waals surface area contributed by atoms with E-state index in [4.69, 9.17) is 0 Å². The molecular formula is C23H15N3OS. The molecule has 0 fully saturated rings. The predicted octanol–water partition coefficient (Wildman–Crippen LogP) is 5.36. The lowest BCUT2D eigenvalue weighted by atomic mass is 9.99. The van der Waals surface area contributed by atoms with Crippen LogP contribution in [0.2, 0.25) is 0 Å². The van der Waals surface area contributed by atoms with Gasteiger partial charge >= 0.3 is 0 Å². The van der Waals surface area contributed by atoms with E-state index in [9.17, 15) is 4.79 Å². The van der Waals surface area contributed by atoms with Crippen molar-refractivity contribution in [2.75, 3.05) is 0 Å². The lowest BCUT2D eigenvalue weighted by molar-refractivity contribution is 0.104. The molecule has 0 aliphatic carbocycles. The maximum Gasteiger partial charge on any atom is 0.203 e. The Labute approximate surface area is 165 Å². The Kier molecular flexibility index (Phi) is 4.07. The quantitative estimate of drug-likeness (QED) is 0.394. The van der Waals surface area contributed by atoms with E-state index in [0.29, 0.717) is 10.4 Å². The van der Waals surface area contributed by atoms with E-state index in [0.717, 1.165) is 27.9 Å². The SMILES string of the molecule is O=C(c1cccc(-c2ccccc2)c1)c1sccc1-c1cnn2cccnc12. The van der Waals surface area contributed by atoms with Crippen molar-refractivity contribution < 1.29 is 4.79 Å². The molecule has 0 spiro atoms. The molecule has 0 amide bonds. The first-order chi connectivity index (χ1) is 13.8. The summed E-state index contributed by atoms with van der Waals surface area (Å²) in [5.74, 6) is 0.0121. The van der Waals surface area contributed by atoms with Gasteiger partial charge in [-0.2, -0.15) is 5.10 Å². The van der Waals surface area contributed by atoms with E-state index in [1.165, 1.54) is 11.3 Å². The van der Waals surface area contributed by atoms with Crippen molar-refractivity contribution in [2.45, 2.75) is 0 Å². The minimum atomic E-state index is 0.0121. The van der Waals surface area contributed by atoms with Crippen LogP contribution in [0.15, 0.2) is 90.7 Å². The van der Waals surface area contributed by atoms with Gasteiger partial charge in [0.05, 0.1) is 11.1 Å². The topological polar surface area (TPSA) is 47.3 Å². The fraction of sp³-hybridized carbons (Fsp3) is 0. The van der Waals surface area contributed by atoms with Gasteiger partial charge in [0.15, 0.2) is 5.65 Å². The van der Waals surface area contributed by atoms with Crippen molar-refractivity contribution >= 4 is 22.8 Å². The van der Waals surface area contributed by atoms with Crippen molar-refractivity contribution in [2.24, 2.45) is 0 Å². The van der Waals surface area contributed by atoms with Gasteiger partial charge < -0.3 is 0 Å². The first-order valence-corrected chi connectivity index (χ1v) is 9.75. The van der Waals surface area contributed by atoms with Gasteiger partial charge in [0.1, 0.15) is 0 Å². The number of nitrogens with zero attached hydrogens (tertiary/aromatic N) is 3. The number of carbonyl (C=O) groups is 1. The van der Waals surface area contributed by atoms with Crippen LogP contribution in [0, 0.1) is 0 Å². The summed E-state index contributed by atoms with van der Waals surface area (Å²) in [5, 5.41) is 6.29. The molecule has 5 rings (SSSR count). The third-order valence-electron chi connectivity index (χ3n) is 4.67. The molecule has 0 aliphatic rings. The van der Waals surface area contributed by atoms with Crippen molar-refractivity contribution in [1.82, 2.24) is 14.6 Å². The monoisotopic (exact) mass is 381 g/mol. The van der Waals surface area contributed by atoms with E-state index >= 15 is 0 Å². The molecule has 0 atom stereocenters. The second-order valence-corrected chi connectivity index (χ2v) is 7.30. The number of thiophene rings is 1. The fourth-order valence-electron chi connectivity index (χ4n) is 3.32. The first-order valence-electron chi connectivity index (χ1n) is 8.88. The molecule has 4 nitrogen and oxygen atoms in total. The molecule has 2 aromatic carbocycles. The van der Waals surface area contributed by atoms with E-state index in [2.05, 4.69) is 10.1 Å². The maximum absolute atomic E-state index is 13.3. The lowest BCUT2D eigenvalue weighted by Gasteiger charge is -2.06. The van der Waals surface area contributed by atoms with Gasteiger partial charge in [-0.15, -0.1) is 11.3 Å². The van der Waals surface area contributed by atoms with E-state index in [1.807, 2.05) is 78.3 Å². The lowest BCUT2D eigenvalue weighted by Crippen LogP contribution is -2.01. The normalized spacial score (nSPS) is 11.0. The zero-order valence-corrected chi connectivity index (χ0v) is 15.6. The molecule has 0 unspecified atom stereocenters. The Morgan fingerprint density at radius 1 is 0.893 bits per heavy atom. The van der Waals surface area contributed by atoms with Crippen LogP contribution < -0.4 is 0 Å². The summed E-state index contributed by atoms with van der Waals surface area (Å²) in [6.07, 6.45) is 5.35. The van der Waals surface area contributed by atoms with Gasteiger partial charge in [-0.05, 0) is 34.7 Å². The van der Waals surface area contributed by atoms with Crippen molar-refractivity contribution in [1.29, 1.82) is 0 Å². The number of fused-ring (bicyclic) bond motifs is 1. The average molecular weight is 381 g/mol. The minimum absolute atomic E-state index is 0.0121. The molecule has 0 saturated carbocycles. The van der Waals surface area contributed by atoms with Crippen molar-refractivity contribution in [3.8, 4) is 22.3 Å². The van der Waals surface area contributed by atoms with Crippen LogP contribution in [0.3, 0.4) is 0 Å². The molecule has 3 heterocycles.